The van der Waals surface area contributed by atoms with Gasteiger partial charge in [-0.25, -0.2) is 8.42 Å². The standard InChI is InChI=1S/C26H28ClN3O4S/c1-28-26(32)24(17-20-11-5-3-6-12-20)29(18-21-13-9-10-16-23(21)27)25(31)19-30(35(2,33)34)22-14-7-4-8-15-22/h3-16,24H,17-19H2,1-2H3,(H,28,32)/t24-/m1/s1. The molecular weight excluding hydrogens is 486 g/mol. The van der Waals surface area contributed by atoms with Crippen molar-refractivity contribution < 1.29 is 18.0 Å². The molecule has 0 heterocycles. The van der Waals surface area contributed by atoms with Crippen molar-refractivity contribution in [1.82, 2.24) is 10.2 Å². The topological polar surface area (TPSA) is 86.8 Å². The Hall–Kier alpha value is -3.36. The SMILES string of the molecule is CNC(=O)[C@@H](Cc1ccccc1)N(Cc1ccccc1Cl)C(=O)CN(c1ccccc1)S(C)(=O)=O. The molecule has 0 saturated carbocycles. The Kier molecular flexibility index (Phi) is 8.89. The molecule has 7 nitrogen and oxygen atoms in total. The van der Waals surface area contributed by atoms with E-state index in [-0.39, 0.29) is 18.9 Å². The van der Waals surface area contributed by atoms with Crippen LogP contribution >= 0.6 is 11.6 Å². The van der Waals surface area contributed by atoms with E-state index in [1.54, 1.807) is 54.6 Å². The molecule has 0 aliphatic heterocycles. The first kappa shape index (κ1) is 26.2. The number of nitrogens with zero attached hydrogens (tertiary/aromatic N) is 2. The molecule has 1 atom stereocenters. The van der Waals surface area contributed by atoms with Crippen LogP contribution in [0.3, 0.4) is 0 Å². The lowest BCUT2D eigenvalue weighted by Gasteiger charge is -2.33. The molecule has 0 unspecified atom stereocenters. The Morgan fingerprint density at radius 1 is 0.914 bits per heavy atom. The van der Waals surface area contributed by atoms with Gasteiger partial charge in [0, 0.05) is 25.0 Å². The molecule has 3 aromatic carbocycles. The first-order valence-electron chi connectivity index (χ1n) is 11.0. The fourth-order valence-electron chi connectivity index (χ4n) is 3.74. The number of anilines is 1. The van der Waals surface area contributed by atoms with Crippen LogP contribution in [-0.2, 0) is 32.6 Å². The summed E-state index contributed by atoms with van der Waals surface area (Å²) < 4.78 is 26.3. The quantitative estimate of drug-likeness (QED) is 0.449. The second-order valence-corrected chi connectivity index (χ2v) is 10.4. The molecule has 35 heavy (non-hydrogen) atoms. The molecule has 0 radical (unpaired) electrons. The molecule has 1 N–H and O–H groups in total. The van der Waals surface area contributed by atoms with Gasteiger partial charge in [0.2, 0.25) is 21.8 Å². The third-order valence-electron chi connectivity index (χ3n) is 5.54. The Balaban J connectivity index is 2.02. The van der Waals surface area contributed by atoms with Gasteiger partial charge in [-0.05, 0) is 29.3 Å². The molecule has 3 rings (SSSR count). The van der Waals surface area contributed by atoms with Crippen LogP contribution in [0, 0.1) is 0 Å². The number of halogens is 1. The molecule has 0 bridgehead atoms. The molecule has 0 saturated heterocycles. The highest BCUT2D eigenvalue weighted by Crippen LogP contribution is 2.22. The van der Waals surface area contributed by atoms with Crippen LogP contribution in [-0.4, -0.2) is 51.0 Å². The zero-order valence-corrected chi connectivity index (χ0v) is 21.2. The van der Waals surface area contributed by atoms with E-state index >= 15 is 0 Å². The lowest BCUT2D eigenvalue weighted by atomic mass is 10.0. The first-order valence-corrected chi connectivity index (χ1v) is 13.2. The van der Waals surface area contributed by atoms with Crippen molar-refractivity contribution >= 4 is 39.1 Å². The van der Waals surface area contributed by atoms with Crippen LogP contribution in [0.1, 0.15) is 11.1 Å². The van der Waals surface area contributed by atoms with Crippen molar-refractivity contribution in [1.29, 1.82) is 0 Å². The van der Waals surface area contributed by atoms with E-state index < -0.39 is 28.5 Å². The highest BCUT2D eigenvalue weighted by atomic mass is 35.5. The number of benzene rings is 3. The van der Waals surface area contributed by atoms with E-state index in [9.17, 15) is 18.0 Å². The summed E-state index contributed by atoms with van der Waals surface area (Å²) in [5, 5.41) is 3.09. The predicted octanol–water partition coefficient (Wildman–Crippen LogP) is 3.49. The summed E-state index contributed by atoms with van der Waals surface area (Å²) in [7, 11) is -2.27. The molecule has 0 aliphatic carbocycles. The molecule has 3 aromatic rings. The van der Waals surface area contributed by atoms with Gasteiger partial charge in [-0.1, -0.05) is 78.3 Å². The first-order chi connectivity index (χ1) is 16.7. The summed E-state index contributed by atoms with van der Waals surface area (Å²) in [5.74, 6) is -0.886. The summed E-state index contributed by atoms with van der Waals surface area (Å²) in [5.41, 5.74) is 1.87. The summed E-state index contributed by atoms with van der Waals surface area (Å²) in [6.45, 7) is -0.425. The largest absolute Gasteiger partial charge is 0.357 e. The number of sulfonamides is 1. The van der Waals surface area contributed by atoms with Gasteiger partial charge in [-0.2, -0.15) is 0 Å². The van der Waals surface area contributed by atoms with Gasteiger partial charge in [0.05, 0.1) is 11.9 Å². The number of likely N-dealkylation sites (N-methyl/N-ethyl adjacent to an activating group) is 1. The van der Waals surface area contributed by atoms with E-state index in [4.69, 9.17) is 11.6 Å². The minimum absolute atomic E-state index is 0.0375. The van der Waals surface area contributed by atoms with Crippen LogP contribution < -0.4 is 9.62 Å². The Morgan fingerprint density at radius 3 is 2.06 bits per heavy atom. The highest BCUT2D eigenvalue weighted by Gasteiger charge is 2.32. The average Bonchev–Trinajstić information content (AvgIpc) is 2.85. The summed E-state index contributed by atoms with van der Waals surface area (Å²) in [4.78, 5) is 28.2. The average molecular weight is 514 g/mol. The Bertz CT molecular complexity index is 1250. The predicted molar refractivity (Wildman–Crippen MR) is 139 cm³/mol. The van der Waals surface area contributed by atoms with Crippen molar-refractivity contribution in [3.63, 3.8) is 0 Å². The maximum atomic E-state index is 13.7. The number of carbonyl (C=O) groups is 2. The monoisotopic (exact) mass is 513 g/mol. The number of amides is 2. The van der Waals surface area contributed by atoms with Crippen LogP contribution in [0.5, 0.6) is 0 Å². The normalized spacial score (nSPS) is 12.0. The lowest BCUT2D eigenvalue weighted by molar-refractivity contribution is -0.139. The van der Waals surface area contributed by atoms with E-state index in [1.165, 1.54) is 11.9 Å². The zero-order chi connectivity index (χ0) is 25.4. The van der Waals surface area contributed by atoms with Crippen molar-refractivity contribution in [2.45, 2.75) is 19.0 Å². The third kappa shape index (κ3) is 7.07. The van der Waals surface area contributed by atoms with Gasteiger partial charge in [0.1, 0.15) is 12.6 Å². The van der Waals surface area contributed by atoms with Gasteiger partial charge < -0.3 is 10.2 Å². The molecule has 9 heteroatoms. The van der Waals surface area contributed by atoms with Gasteiger partial charge in [0.15, 0.2) is 0 Å². The number of nitrogens with one attached hydrogen (secondary N) is 1. The fraction of sp³-hybridized carbons (Fsp3) is 0.231. The minimum Gasteiger partial charge on any atom is -0.357 e. The number of hydrogen-bond donors (Lipinski definition) is 1. The van der Waals surface area contributed by atoms with Gasteiger partial charge >= 0.3 is 0 Å². The van der Waals surface area contributed by atoms with Crippen LogP contribution in [0.2, 0.25) is 5.02 Å². The molecule has 0 spiro atoms. The van der Waals surface area contributed by atoms with Gasteiger partial charge in [-0.3, -0.25) is 13.9 Å². The number of hydrogen-bond acceptors (Lipinski definition) is 4. The highest BCUT2D eigenvalue weighted by molar-refractivity contribution is 7.92. The number of rotatable bonds is 10. The molecule has 0 aliphatic rings. The van der Waals surface area contributed by atoms with Crippen LogP contribution in [0.25, 0.3) is 0 Å². The van der Waals surface area contributed by atoms with Crippen molar-refractivity contribution in [3.8, 4) is 0 Å². The van der Waals surface area contributed by atoms with E-state index in [1.807, 2.05) is 30.3 Å². The number of carbonyl (C=O) groups excluding carboxylic acids is 2. The van der Waals surface area contributed by atoms with Crippen molar-refractivity contribution in [2.75, 3.05) is 24.2 Å². The second kappa shape index (κ2) is 11.9. The maximum Gasteiger partial charge on any atom is 0.244 e. The van der Waals surface area contributed by atoms with Gasteiger partial charge in [0.25, 0.3) is 0 Å². The second-order valence-electron chi connectivity index (χ2n) is 8.04. The molecule has 0 aromatic heterocycles. The van der Waals surface area contributed by atoms with Gasteiger partial charge in [-0.15, -0.1) is 0 Å². The zero-order valence-electron chi connectivity index (χ0n) is 19.6. The molecule has 184 valence electrons. The lowest BCUT2D eigenvalue weighted by Crippen LogP contribution is -2.52. The summed E-state index contributed by atoms with van der Waals surface area (Å²) in [6, 6.07) is 23.9. The van der Waals surface area contributed by atoms with Crippen LogP contribution in [0.4, 0.5) is 5.69 Å². The molecule has 0 fully saturated rings. The van der Waals surface area contributed by atoms with E-state index in [0.717, 1.165) is 16.1 Å². The minimum atomic E-state index is -3.78. The van der Waals surface area contributed by atoms with E-state index in [0.29, 0.717) is 16.3 Å². The summed E-state index contributed by atoms with van der Waals surface area (Å²) >= 11 is 6.38. The third-order valence-corrected chi connectivity index (χ3v) is 7.05. The van der Waals surface area contributed by atoms with Crippen LogP contribution in [0.15, 0.2) is 84.9 Å². The van der Waals surface area contributed by atoms with E-state index in [2.05, 4.69) is 5.32 Å². The molecular formula is C26H28ClN3O4S. The smallest absolute Gasteiger partial charge is 0.244 e. The van der Waals surface area contributed by atoms with Crippen molar-refractivity contribution in [2.24, 2.45) is 0 Å². The summed E-state index contributed by atoms with van der Waals surface area (Å²) in [6.07, 6.45) is 1.30. The molecule has 2 amide bonds. The Labute approximate surface area is 211 Å². The fourth-order valence-corrected chi connectivity index (χ4v) is 4.78. The van der Waals surface area contributed by atoms with Crippen molar-refractivity contribution in [3.05, 3.63) is 101 Å². The maximum absolute atomic E-state index is 13.7. The number of para-hydroxylation sites is 1. The Morgan fingerprint density at radius 2 is 1.49 bits per heavy atom.